The molecule has 0 unspecified atom stereocenters. The Morgan fingerprint density at radius 1 is 1.05 bits per heavy atom. The van der Waals surface area contributed by atoms with Crippen LogP contribution in [0.25, 0.3) is 11.4 Å². The second-order valence-electron chi connectivity index (χ2n) is 8.02. The number of ether oxygens (including phenoxy) is 1. The van der Waals surface area contributed by atoms with E-state index in [2.05, 4.69) is 35.9 Å². The SMILES string of the molecule is [2H]C([2H])([2H])NC(=O)c1nnc(Nc2cc3n(n2)CCN(C)C3=O)cc1Nc1cccc(-c2ncccn2)c1OC. The fraction of sp³-hybridized carbons (Fsp3) is 0.208. The lowest BCUT2D eigenvalue weighted by Crippen LogP contribution is -2.37. The third-order valence-electron chi connectivity index (χ3n) is 5.67. The number of nitrogens with zero attached hydrogens (tertiary/aromatic N) is 7. The summed E-state index contributed by atoms with van der Waals surface area (Å²) in [5.41, 5.74) is 1.29. The Kier molecular flexibility index (Phi) is 5.39. The van der Waals surface area contributed by atoms with Gasteiger partial charge in [0.25, 0.3) is 11.8 Å². The number of anilines is 4. The van der Waals surface area contributed by atoms with Crippen LogP contribution in [-0.2, 0) is 6.54 Å². The second-order valence-corrected chi connectivity index (χ2v) is 8.02. The predicted molar refractivity (Wildman–Crippen MR) is 135 cm³/mol. The molecule has 5 rings (SSSR count). The first-order valence-corrected chi connectivity index (χ1v) is 11.1. The molecule has 3 aromatic heterocycles. The highest BCUT2D eigenvalue weighted by molar-refractivity contribution is 5.99. The van der Waals surface area contributed by atoms with Crippen molar-refractivity contribution in [2.24, 2.45) is 0 Å². The van der Waals surface area contributed by atoms with E-state index < -0.39 is 12.9 Å². The van der Waals surface area contributed by atoms with E-state index in [0.29, 0.717) is 47.4 Å². The zero-order valence-corrected chi connectivity index (χ0v) is 19.9. The monoisotopic (exact) mass is 503 g/mol. The highest BCUT2D eigenvalue weighted by Gasteiger charge is 2.24. The molecule has 2 amide bonds. The summed E-state index contributed by atoms with van der Waals surface area (Å²) in [6.45, 7) is -1.68. The van der Waals surface area contributed by atoms with Gasteiger partial charge < -0.3 is 25.6 Å². The van der Waals surface area contributed by atoms with Crippen LogP contribution in [0.2, 0.25) is 0 Å². The summed E-state index contributed by atoms with van der Waals surface area (Å²) in [6, 6.07) is 9.98. The van der Waals surface area contributed by atoms with E-state index in [9.17, 15) is 9.59 Å². The van der Waals surface area contributed by atoms with Crippen LogP contribution in [0.3, 0.4) is 0 Å². The Morgan fingerprint density at radius 2 is 1.89 bits per heavy atom. The summed E-state index contributed by atoms with van der Waals surface area (Å²) in [5, 5.41) is 20.5. The molecule has 1 aliphatic heterocycles. The molecular formula is C24H24N10O3. The number of aromatic nitrogens is 6. The van der Waals surface area contributed by atoms with Crippen molar-refractivity contribution in [2.75, 3.05) is 38.3 Å². The smallest absolute Gasteiger partial charge is 0.273 e. The van der Waals surface area contributed by atoms with E-state index >= 15 is 0 Å². The minimum absolute atomic E-state index is 0.128. The van der Waals surface area contributed by atoms with Crippen molar-refractivity contribution in [1.29, 1.82) is 0 Å². The molecule has 4 aromatic rings. The third-order valence-corrected chi connectivity index (χ3v) is 5.67. The number of hydrogen-bond donors (Lipinski definition) is 3. The van der Waals surface area contributed by atoms with Gasteiger partial charge in [0.15, 0.2) is 28.9 Å². The molecule has 13 heteroatoms. The van der Waals surface area contributed by atoms with Crippen molar-refractivity contribution >= 4 is 34.8 Å². The Morgan fingerprint density at radius 3 is 2.68 bits per heavy atom. The van der Waals surface area contributed by atoms with Crippen molar-refractivity contribution in [3.8, 4) is 17.1 Å². The second kappa shape index (κ2) is 9.89. The molecule has 3 N–H and O–H groups in total. The lowest BCUT2D eigenvalue weighted by Gasteiger charge is -2.22. The van der Waals surface area contributed by atoms with E-state index in [4.69, 9.17) is 8.85 Å². The Balaban J connectivity index is 1.52. The largest absolute Gasteiger partial charge is 0.494 e. The standard InChI is InChI=1S/C24H24N10O3/c1-25-23(35)20-16(28-15-7-4-6-14(21(15)37-3)22-26-8-5-9-27-22)12-18(30-31-20)29-19-13-17-24(36)33(2)10-11-34(17)32-19/h4-9,12-13H,10-11H2,1-3H3,(H,25,35)(H2,28,29,30,32)/i1D3. The lowest BCUT2D eigenvalue weighted by atomic mass is 10.1. The van der Waals surface area contributed by atoms with Gasteiger partial charge in [0.05, 0.1) is 30.6 Å². The Labute approximate surface area is 216 Å². The number of methoxy groups -OCH3 is 1. The normalized spacial score (nSPS) is 14.2. The average molecular weight is 504 g/mol. The summed E-state index contributed by atoms with van der Waals surface area (Å²) >= 11 is 0. The van der Waals surface area contributed by atoms with E-state index in [0.717, 1.165) is 0 Å². The molecule has 0 saturated carbocycles. The molecule has 1 aromatic carbocycles. The van der Waals surface area contributed by atoms with E-state index in [1.807, 2.05) is 5.32 Å². The molecule has 37 heavy (non-hydrogen) atoms. The first-order valence-electron chi connectivity index (χ1n) is 12.6. The molecular weight excluding hydrogens is 476 g/mol. The van der Waals surface area contributed by atoms with Gasteiger partial charge in [-0.1, -0.05) is 6.07 Å². The van der Waals surface area contributed by atoms with Crippen molar-refractivity contribution < 1.29 is 18.4 Å². The molecule has 0 aliphatic carbocycles. The van der Waals surface area contributed by atoms with Crippen molar-refractivity contribution in [1.82, 2.24) is 40.2 Å². The molecule has 188 valence electrons. The first-order chi connectivity index (χ1) is 19.1. The fourth-order valence-corrected chi connectivity index (χ4v) is 3.88. The van der Waals surface area contributed by atoms with Crippen LogP contribution >= 0.6 is 0 Å². The first kappa shape index (κ1) is 20.2. The number of benzene rings is 1. The maximum atomic E-state index is 12.8. The number of hydrogen-bond acceptors (Lipinski definition) is 10. The Bertz CT molecular complexity index is 1580. The van der Waals surface area contributed by atoms with Gasteiger partial charge in [-0.15, -0.1) is 10.2 Å². The quantitative estimate of drug-likeness (QED) is 0.342. The van der Waals surface area contributed by atoms with Crippen LogP contribution in [0.5, 0.6) is 5.75 Å². The molecule has 0 fully saturated rings. The summed E-state index contributed by atoms with van der Waals surface area (Å²) < 4.78 is 29.5. The van der Waals surface area contributed by atoms with Gasteiger partial charge in [-0.2, -0.15) is 5.10 Å². The van der Waals surface area contributed by atoms with Crippen molar-refractivity contribution in [2.45, 2.75) is 6.54 Å². The van der Waals surface area contributed by atoms with Gasteiger partial charge in [-0.3, -0.25) is 14.3 Å². The summed E-state index contributed by atoms with van der Waals surface area (Å²) in [4.78, 5) is 35.4. The van der Waals surface area contributed by atoms with Gasteiger partial charge in [0.1, 0.15) is 5.69 Å². The van der Waals surface area contributed by atoms with Crippen molar-refractivity contribution in [3.05, 3.63) is 60.2 Å². The number of carbonyl (C=O) groups is 2. The highest BCUT2D eigenvalue weighted by atomic mass is 16.5. The lowest BCUT2D eigenvalue weighted by molar-refractivity contribution is 0.0742. The zero-order chi connectivity index (χ0) is 28.4. The maximum absolute atomic E-state index is 12.8. The topological polar surface area (TPSA) is 152 Å². The van der Waals surface area contributed by atoms with Gasteiger partial charge in [0.2, 0.25) is 0 Å². The highest BCUT2D eigenvalue weighted by Crippen LogP contribution is 2.37. The maximum Gasteiger partial charge on any atom is 0.273 e. The zero-order valence-electron chi connectivity index (χ0n) is 22.9. The Hall–Kier alpha value is -5.07. The minimum Gasteiger partial charge on any atom is -0.494 e. The number of carbonyl (C=O) groups excluding carboxylic acids is 2. The van der Waals surface area contributed by atoms with Crippen LogP contribution in [0.15, 0.2) is 48.8 Å². The number of fused-ring (bicyclic) bond motifs is 1. The van der Waals surface area contributed by atoms with Crippen LogP contribution < -0.4 is 20.7 Å². The third kappa shape index (κ3) is 4.61. The van der Waals surface area contributed by atoms with E-state index in [1.54, 1.807) is 59.4 Å². The number of para-hydroxylation sites is 1. The minimum atomic E-state index is -2.75. The van der Waals surface area contributed by atoms with Crippen LogP contribution in [0.1, 0.15) is 25.1 Å². The molecule has 0 atom stereocenters. The number of amides is 2. The van der Waals surface area contributed by atoms with Crippen molar-refractivity contribution in [3.63, 3.8) is 0 Å². The van der Waals surface area contributed by atoms with Crippen LogP contribution in [-0.4, -0.2) is 74.3 Å². The van der Waals surface area contributed by atoms with Crippen LogP contribution in [0.4, 0.5) is 23.0 Å². The molecule has 0 saturated heterocycles. The summed E-state index contributed by atoms with van der Waals surface area (Å²) in [5.74, 6) is 0.208. The predicted octanol–water partition coefficient (Wildman–Crippen LogP) is 2.07. The van der Waals surface area contributed by atoms with Crippen LogP contribution in [0, 0.1) is 0 Å². The summed E-state index contributed by atoms with van der Waals surface area (Å²) in [6.07, 6.45) is 3.20. The van der Waals surface area contributed by atoms with E-state index in [-0.39, 0.29) is 23.1 Å². The van der Waals surface area contributed by atoms with E-state index in [1.165, 1.54) is 13.2 Å². The molecule has 0 bridgehead atoms. The number of nitrogens with one attached hydrogen (secondary N) is 3. The molecule has 13 nitrogen and oxygen atoms in total. The molecule has 0 radical (unpaired) electrons. The van der Waals surface area contributed by atoms with Gasteiger partial charge in [-0.25, -0.2) is 9.97 Å². The summed E-state index contributed by atoms with van der Waals surface area (Å²) in [7, 11) is 3.19. The fourth-order valence-electron chi connectivity index (χ4n) is 3.88. The molecule has 4 heterocycles. The number of rotatable bonds is 7. The average Bonchev–Trinajstić information content (AvgIpc) is 3.33. The molecule has 1 aliphatic rings. The van der Waals surface area contributed by atoms with Gasteiger partial charge >= 0.3 is 0 Å². The molecule has 0 spiro atoms. The van der Waals surface area contributed by atoms with Gasteiger partial charge in [-0.05, 0) is 18.2 Å². The number of likely N-dealkylation sites (N-methyl/N-ethyl adjacent to an activating group) is 1. The van der Waals surface area contributed by atoms with Gasteiger partial charge in [0, 0.05) is 49.2 Å².